The van der Waals surface area contributed by atoms with Crippen LogP contribution in [0.4, 0.5) is 5.69 Å². The molecule has 3 nitrogen and oxygen atoms in total. The molecule has 2 rings (SSSR count). The monoisotopic (exact) mass is 349 g/mol. The number of rotatable bonds is 7. The lowest BCUT2D eigenvalue weighted by molar-refractivity contribution is 0.772. The number of nitrogens with two attached hydrogens (primary N) is 1. The molecule has 0 bridgehead atoms. The smallest absolute Gasteiger partial charge is 0.0636 e. The minimum absolute atomic E-state index is 0.428. The van der Waals surface area contributed by atoms with E-state index < -0.39 is 0 Å². The second kappa shape index (κ2) is 11.8. The predicted octanol–water partition coefficient (Wildman–Crippen LogP) is 5.17. The molecule has 26 heavy (non-hydrogen) atoms. The van der Waals surface area contributed by atoms with E-state index in [0.717, 1.165) is 35.2 Å². The van der Waals surface area contributed by atoms with Crippen LogP contribution >= 0.6 is 0 Å². The zero-order chi connectivity index (χ0) is 19.4. The molecule has 2 aromatic rings. The van der Waals surface area contributed by atoms with E-state index in [1.807, 2.05) is 61.7 Å². The molecule has 0 saturated heterocycles. The van der Waals surface area contributed by atoms with E-state index >= 15 is 0 Å². The van der Waals surface area contributed by atoms with Crippen LogP contribution < -0.4 is 11.1 Å². The Morgan fingerprint density at radius 2 is 1.85 bits per heavy atom. The fraction of sp³-hybridized carbons (Fsp3) is 0.261. The van der Waals surface area contributed by atoms with Crippen LogP contribution in [0, 0.1) is 5.41 Å². The van der Waals surface area contributed by atoms with E-state index in [1.165, 1.54) is 6.42 Å². The molecule has 0 fully saturated rings. The number of allylic oxidation sites excluding steroid dienone is 1. The highest BCUT2D eigenvalue weighted by atomic mass is 14.8. The van der Waals surface area contributed by atoms with Gasteiger partial charge in [-0.1, -0.05) is 69.0 Å². The number of nitrogen functional groups attached to an aromatic ring is 1. The third kappa shape index (κ3) is 6.34. The van der Waals surface area contributed by atoms with Gasteiger partial charge in [0.15, 0.2) is 0 Å². The van der Waals surface area contributed by atoms with E-state index in [1.54, 1.807) is 6.08 Å². The average molecular weight is 350 g/mol. The molecule has 0 aliphatic carbocycles. The predicted molar refractivity (Wildman–Crippen MR) is 117 cm³/mol. The van der Waals surface area contributed by atoms with Crippen molar-refractivity contribution in [1.29, 1.82) is 5.41 Å². The van der Waals surface area contributed by atoms with E-state index in [2.05, 4.69) is 25.7 Å². The van der Waals surface area contributed by atoms with Gasteiger partial charge in [-0.15, -0.1) is 0 Å². The Balaban J connectivity index is 0.000000597. The number of hydrogen-bond donors (Lipinski definition) is 3. The van der Waals surface area contributed by atoms with Crippen LogP contribution in [0.2, 0.25) is 0 Å². The molecule has 0 aliphatic rings. The van der Waals surface area contributed by atoms with Crippen LogP contribution in [0.1, 0.15) is 42.5 Å². The Bertz CT molecular complexity index is 729. The van der Waals surface area contributed by atoms with Crippen molar-refractivity contribution in [2.45, 2.75) is 26.7 Å². The zero-order valence-corrected chi connectivity index (χ0v) is 16.2. The molecule has 2 aromatic carbocycles. The first-order valence-electron chi connectivity index (χ1n) is 9.09. The summed E-state index contributed by atoms with van der Waals surface area (Å²) in [7, 11) is 1.96. The highest BCUT2D eigenvalue weighted by Crippen LogP contribution is 2.24. The van der Waals surface area contributed by atoms with Gasteiger partial charge in [0.2, 0.25) is 0 Å². The van der Waals surface area contributed by atoms with Crippen LogP contribution in [0.5, 0.6) is 0 Å². The molecule has 0 amide bonds. The van der Waals surface area contributed by atoms with Gasteiger partial charge in [0, 0.05) is 11.3 Å². The number of anilines is 1. The maximum absolute atomic E-state index is 8.33. The van der Waals surface area contributed by atoms with Gasteiger partial charge in [-0.25, -0.2) is 0 Å². The fourth-order valence-corrected chi connectivity index (χ4v) is 2.65. The van der Waals surface area contributed by atoms with E-state index in [0.29, 0.717) is 11.4 Å². The summed E-state index contributed by atoms with van der Waals surface area (Å²) < 4.78 is 0. The standard InChI is InChI=1S/C19H20N2.C4H11N/c1-3-15-11-13-18(21)19(16(15)4-2)17(20)12-10-14-8-6-5-7-9-14;1-3-4-5-2/h3,5-13,20H,1,4,21H2,2H3;5H,3-4H2,1-2H3/b12-10+,20-17?;. The summed E-state index contributed by atoms with van der Waals surface area (Å²) in [5.41, 5.74) is 11.1. The van der Waals surface area contributed by atoms with Crippen molar-refractivity contribution in [2.75, 3.05) is 19.3 Å². The molecule has 0 saturated carbocycles. The second-order valence-corrected chi connectivity index (χ2v) is 5.92. The highest BCUT2D eigenvalue weighted by Gasteiger charge is 2.11. The normalized spacial score (nSPS) is 10.3. The Hall–Kier alpha value is -2.65. The molecule has 0 radical (unpaired) electrons. The average Bonchev–Trinajstić information content (AvgIpc) is 2.67. The molecule has 0 aliphatic heterocycles. The van der Waals surface area contributed by atoms with Gasteiger partial charge >= 0.3 is 0 Å². The Labute approximate surface area is 158 Å². The van der Waals surface area contributed by atoms with E-state index in [-0.39, 0.29) is 0 Å². The first kappa shape index (κ1) is 21.4. The van der Waals surface area contributed by atoms with Crippen LogP contribution in [-0.2, 0) is 6.42 Å². The van der Waals surface area contributed by atoms with Gasteiger partial charge < -0.3 is 16.5 Å². The summed E-state index contributed by atoms with van der Waals surface area (Å²) >= 11 is 0. The van der Waals surface area contributed by atoms with Crippen LogP contribution in [-0.4, -0.2) is 19.3 Å². The molecule has 4 N–H and O–H groups in total. The van der Waals surface area contributed by atoms with Crippen molar-refractivity contribution in [1.82, 2.24) is 5.32 Å². The summed E-state index contributed by atoms with van der Waals surface area (Å²) in [5.74, 6) is 0. The van der Waals surface area contributed by atoms with Crippen molar-refractivity contribution in [3.05, 3.63) is 77.4 Å². The zero-order valence-electron chi connectivity index (χ0n) is 16.2. The molecular weight excluding hydrogens is 318 g/mol. The van der Waals surface area contributed by atoms with Crippen LogP contribution in [0.25, 0.3) is 12.2 Å². The van der Waals surface area contributed by atoms with Crippen LogP contribution in [0.3, 0.4) is 0 Å². The van der Waals surface area contributed by atoms with Gasteiger partial charge in [0.05, 0.1) is 5.71 Å². The Morgan fingerprint density at radius 1 is 1.15 bits per heavy atom. The lowest BCUT2D eigenvalue weighted by Crippen LogP contribution is -2.07. The molecule has 138 valence electrons. The first-order chi connectivity index (χ1) is 12.6. The SMILES string of the molecule is C=Cc1ccc(N)c(C(=N)/C=C/c2ccccc2)c1CC.CCCNC. The quantitative estimate of drug-likeness (QED) is 0.477. The lowest BCUT2D eigenvalue weighted by atomic mass is 9.93. The molecule has 0 unspecified atom stereocenters. The summed E-state index contributed by atoms with van der Waals surface area (Å²) in [4.78, 5) is 0. The van der Waals surface area contributed by atoms with Gasteiger partial charge in [-0.2, -0.15) is 0 Å². The number of nitrogens with one attached hydrogen (secondary N) is 2. The maximum atomic E-state index is 8.33. The van der Waals surface area contributed by atoms with Gasteiger partial charge in [0.1, 0.15) is 0 Å². The minimum Gasteiger partial charge on any atom is -0.398 e. The lowest BCUT2D eigenvalue weighted by Gasteiger charge is -2.13. The van der Waals surface area contributed by atoms with Crippen LogP contribution in [0.15, 0.2) is 55.1 Å². The number of hydrogen-bond acceptors (Lipinski definition) is 3. The molecule has 0 atom stereocenters. The van der Waals surface area contributed by atoms with Crippen molar-refractivity contribution in [3.8, 4) is 0 Å². The summed E-state index contributed by atoms with van der Waals surface area (Å²) in [6, 6.07) is 13.8. The molecule has 0 spiro atoms. The fourth-order valence-electron chi connectivity index (χ4n) is 2.65. The van der Waals surface area contributed by atoms with E-state index in [9.17, 15) is 0 Å². The molecule has 0 aromatic heterocycles. The molecule has 3 heteroatoms. The largest absolute Gasteiger partial charge is 0.398 e. The van der Waals surface area contributed by atoms with Crippen molar-refractivity contribution in [2.24, 2.45) is 0 Å². The minimum atomic E-state index is 0.428. The summed E-state index contributed by atoms with van der Waals surface area (Å²) in [5, 5.41) is 11.4. The summed E-state index contributed by atoms with van der Waals surface area (Å²) in [6.07, 6.45) is 7.60. The van der Waals surface area contributed by atoms with Gasteiger partial charge in [-0.05, 0) is 55.3 Å². The van der Waals surface area contributed by atoms with Crippen molar-refractivity contribution in [3.63, 3.8) is 0 Å². The first-order valence-corrected chi connectivity index (χ1v) is 9.09. The van der Waals surface area contributed by atoms with Gasteiger partial charge in [-0.3, -0.25) is 0 Å². The van der Waals surface area contributed by atoms with Crippen molar-refractivity contribution < 1.29 is 0 Å². The topological polar surface area (TPSA) is 61.9 Å². The Kier molecular flexibility index (Phi) is 9.73. The maximum Gasteiger partial charge on any atom is 0.0636 e. The molecular formula is C23H31N3. The highest BCUT2D eigenvalue weighted by molar-refractivity contribution is 6.13. The Morgan fingerprint density at radius 3 is 2.35 bits per heavy atom. The third-order valence-corrected chi connectivity index (χ3v) is 3.97. The van der Waals surface area contributed by atoms with Crippen molar-refractivity contribution >= 4 is 23.6 Å². The van der Waals surface area contributed by atoms with Gasteiger partial charge in [0.25, 0.3) is 0 Å². The summed E-state index contributed by atoms with van der Waals surface area (Å²) in [6.45, 7) is 9.19. The van der Waals surface area contributed by atoms with E-state index in [4.69, 9.17) is 11.1 Å². The second-order valence-electron chi connectivity index (χ2n) is 5.92. The molecule has 0 heterocycles. The number of benzene rings is 2. The third-order valence-electron chi connectivity index (χ3n) is 3.97.